The average Bonchev–Trinajstić information content (AvgIpc) is 1.68. The molecule has 2 heteroatoms. The first kappa shape index (κ1) is 4.62. The maximum absolute atomic E-state index is 4.05. The largest absolute Gasteiger partial charge is 0.292 e. The Balaban J connectivity index is 2.57. The molecule has 1 rings (SSSR count). The Hall–Kier alpha value is -0.530. The van der Waals surface area contributed by atoms with Gasteiger partial charge in [-0.05, 0) is 13.8 Å². The van der Waals surface area contributed by atoms with E-state index in [0.29, 0.717) is 6.04 Å². The second-order valence-corrected chi connectivity index (χ2v) is 1.99. The Bertz CT molecular complexity index is 107. The molecule has 1 aliphatic rings. The zero-order valence-corrected chi connectivity index (χ0v) is 4.97. The minimum atomic E-state index is 0.583. The van der Waals surface area contributed by atoms with E-state index in [1.54, 1.807) is 0 Å². The summed E-state index contributed by atoms with van der Waals surface area (Å²) in [5.41, 5.74) is 1.24. The first-order valence-electron chi connectivity index (χ1n) is 2.50. The number of rotatable bonds is 0. The summed E-state index contributed by atoms with van der Waals surface area (Å²) in [6.45, 7) is 4.19. The minimum Gasteiger partial charge on any atom is -0.292 e. The zero-order chi connectivity index (χ0) is 5.44. The van der Waals surface area contributed by atoms with E-state index in [9.17, 15) is 0 Å². The second kappa shape index (κ2) is 1.22. The highest BCUT2D eigenvalue weighted by Gasteiger charge is 2.18. The van der Waals surface area contributed by atoms with Crippen LogP contribution >= 0.6 is 0 Å². The van der Waals surface area contributed by atoms with Crippen molar-refractivity contribution in [3.63, 3.8) is 0 Å². The Morgan fingerprint density at radius 2 is 2.29 bits per heavy atom. The summed E-state index contributed by atoms with van der Waals surface area (Å²) in [6.07, 6.45) is 0. The first-order chi connectivity index (χ1) is 3.22. The molecule has 7 heavy (non-hydrogen) atoms. The minimum absolute atomic E-state index is 0.583. The second-order valence-electron chi connectivity index (χ2n) is 1.99. The predicted octanol–water partition coefficient (Wildman–Crippen LogP) is 0.696. The normalized spacial score (nSPS) is 29.3. The molecule has 0 spiro atoms. The summed E-state index contributed by atoms with van der Waals surface area (Å²) in [6, 6.07) is 0.583. The van der Waals surface area contributed by atoms with E-state index in [2.05, 4.69) is 12.0 Å². The quantitative estimate of drug-likeness (QED) is 0.435. The van der Waals surface area contributed by atoms with Crippen LogP contribution in [-0.2, 0) is 0 Å². The SMILES string of the molecule is CC1=NN(C)C1C. The molecule has 2 nitrogen and oxygen atoms in total. The van der Waals surface area contributed by atoms with Gasteiger partial charge >= 0.3 is 0 Å². The molecule has 0 N–H and O–H groups in total. The van der Waals surface area contributed by atoms with Gasteiger partial charge in [0.05, 0.1) is 11.8 Å². The van der Waals surface area contributed by atoms with Gasteiger partial charge in [-0.25, -0.2) is 0 Å². The Morgan fingerprint density at radius 3 is 2.29 bits per heavy atom. The third-order valence-corrected chi connectivity index (χ3v) is 1.48. The van der Waals surface area contributed by atoms with Crippen LogP contribution < -0.4 is 0 Å². The van der Waals surface area contributed by atoms with Gasteiger partial charge in [0.25, 0.3) is 0 Å². The van der Waals surface area contributed by atoms with Crippen molar-refractivity contribution in [1.82, 2.24) is 5.01 Å². The molecule has 0 saturated heterocycles. The Morgan fingerprint density at radius 1 is 1.71 bits per heavy atom. The monoisotopic (exact) mass is 98.1 g/mol. The van der Waals surface area contributed by atoms with Crippen molar-refractivity contribution >= 4 is 5.71 Å². The van der Waals surface area contributed by atoms with Crippen LogP contribution in [-0.4, -0.2) is 23.8 Å². The summed E-state index contributed by atoms with van der Waals surface area (Å²) in [5.74, 6) is 0. The van der Waals surface area contributed by atoms with E-state index < -0.39 is 0 Å². The topological polar surface area (TPSA) is 15.6 Å². The number of hydrogen-bond donors (Lipinski definition) is 0. The number of nitrogens with zero attached hydrogens (tertiary/aromatic N) is 2. The molecule has 0 amide bonds. The summed E-state index contributed by atoms with van der Waals surface area (Å²) in [5, 5.41) is 6.01. The lowest BCUT2D eigenvalue weighted by Gasteiger charge is -2.31. The fourth-order valence-corrected chi connectivity index (χ4v) is 0.633. The van der Waals surface area contributed by atoms with Gasteiger partial charge in [0, 0.05) is 7.05 Å². The van der Waals surface area contributed by atoms with E-state index in [1.807, 2.05) is 19.0 Å². The fourth-order valence-electron chi connectivity index (χ4n) is 0.633. The predicted molar refractivity (Wildman–Crippen MR) is 30.3 cm³/mol. The third kappa shape index (κ3) is 0.501. The van der Waals surface area contributed by atoms with Crippen LogP contribution in [0.2, 0.25) is 0 Å². The lowest BCUT2D eigenvalue weighted by Crippen LogP contribution is -2.40. The Labute approximate surface area is 43.8 Å². The van der Waals surface area contributed by atoms with Crippen LogP contribution in [0.25, 0.3) is 0 Å². The van der Waals surface area contributed by atoms with Crippen LogP contribution in [0.5, 0.6) is 0 Å². The van der Waals surface area contributed by atoms with Gasteiger partial charge < -0.3 is 0 Å². The lowest BCUT2D eigenvalue weighted by molar-refractivity contribution is 0.279. The molecule has 0 aliphatic carbocycles. The molecule has 0 aromatic carbocycles. The Kier molecular flexibility index (Phi) is 0.805. The van der Waals surface area contributed by atoms with Crippen molar-refractivity contribution in [3.8, 4) is 0 Å². The van der Waals surface area contributed by atoms with Crippen LogP contribution in [0.15, 0.2) is 5.10 Å². The fraction of sp³-hybridized carbons (Fsp3) is 0.800. The van der Waals surface area contributed by atoms with Crippen LogP contribution in [0.1, 0.15) is 13.8 Å². The van der Waals surface area contributed by atoms with Gasteiger partial charge in [-0.1, -0.05) is 0 Å². The highest BCUT2D eigenvalue weighted by atomic mass is 15.5. The van der Waals surface area contributed by atoms with Crippen molar-refractivity contribution in [2.24, 2.45) is 5.10 Å². The smallest absolute Gasteiger partial charge is 0.0834 e. The molecular weight excluding hydrogens is 88.1 g/mol. The summed E-state index contributed by atoms with van der Waals surface area (Å²) in [7, 11) is 1.98. The van der Waals surface area contributed by atoms with Crippen LogP contribution in [0, 0.1) is 0 Å². The van der Waals surface area contributed by atoms with Crippen molar-refractivity contribution in [1.29, 1.82) is 0 Å². The van der Waals surface area contributed by atoms with Gasteiger partial charge in [0.2, 0.25) is 0 Å². The maximum Gasteiger partial charge on any atom is 0.0834 e. The van der Waals surface area contributed by atoms with Gasteiger partial charge in [0.15, 0.2) is 0 Å². The molecule has 1 atom stereocenters. The molecule has 0 radical (unpaired) electrons. The first-order valence-corrected chi connectivity index (χ1v) is 2.50. The highest BCUT2D eigenvalue weighted by Crippen LogP contribution is 2.08. The molecule has 0 aromatic heterocycles. The van der Waals surface area contributed by atoms with Gasteiger partial charge in [0.1, 0.15) is 0 Å². The zero-order valence-electron chi connectivity index (χ0n) is 4.97. The van der Waals surface area contributed by atoms with Gasteiger partial charge in [-0.2, -0.15) is 5.10 Å². The maximum atomic E-state index is 4.05. The van der Waals surface area contributed by atoms with Crippen molar-refractivity contribution < 1.29 is 0 Å². The van der Waals surface area contributed by atoms with E-state index in [0.717, 1.165) is 0 Å². The molecule has 1 aliphatic heterocycles. The standard InChI is InChI=1S/C5H10N2/c1-4-5(2)7(3)6-4/h5H,1-3H3. The molecule has 0 saturated carbocycles. The molecule has 0 bridgehead atoms. The third-order valence-electron chi connectivity index (χ3n) is 1.48. The molecule has 40 valence electrons. The molecule has 0 fully saturated rings. The van der Waals surface area contributed by atoms with Gasteiger partial charge in [-0.3, -0.25) is 5.01 Å². The van der Waals surface area contributed by atoms with Crippen LogP contribution in [0.3, 0.4) is 0 Å². The lowest BCUT2D eigenvalue weighted by atomic mass is 10.2. The van der Waals surface area contributed by atoms with E-state index >= 15 is 0 Å². The van der Waals surface area contributed by atoms with E-state index in [-0.39, 0.29) is 0 Å². The summed E-state index contributed by atoms with van der Waals surface area (Å²) >= 11 is 0. The van der Waals surface area contributed by atoms with Gasteiger partial charge in [-0.15, -0.1) is 0 Å². The number of hydrazone groups is 1. The van der Waals surface area contributed by atoms with Crippen LogP contribution in [0.4, 0.5) is 0 Å². The summed E-state index contributed by atoms with van der Waals surface area (Å²) in [4.78, 5) is 0. The van der Waals surface area contributed by atoms with Crippen molar-refractivity contribution in [3.05, 3.63) is 0 Å². The molecule has 1 heterocycles. The van der Waals surface area contributed by atoms with E-state index in [1.165, 1.54) is 5.71 Å². The average molecular weight is 98.1 g/mol. The summed E-state index contributed by atoms with van der Waals surface area (Å²) < 4.78 is 0. The molecule has 0 aromatic rings. The highest BCUT2D eigenvalue weighted by molar-refractivity contribution is 5.89. The van der Waals surface area contributed by atoms with Crippen molar-refractivity contribution in [2.75, 3.05) is 7.05 Å². The molecule has 1 unspecified atom stereocenters. The number of hydrogen-bond acceptors (Lipinski definition) is 2. The van der Waals surface area contributed by atoms with Crippen molar-refractivity contribution in [2.45, 2.75) is 19.9 Å². The van der Waals surface area contributed by atoms with E-state index in [4.69, 9.17) is 0 Å². The molecular formula is C5H10N2.